The van der Waals surface area contributed by atoms with Gasteiger partial charge in [0.1, 0.15) is 0 Å². The van der Waals surface area contributed by atoms with Crippen molar-refractivity contribution in [3.63, 3.8) is 0 Å². The van der Waals surface area contributed by atoms with Crippen molar-refractivity contribution in [2.24, 2.45) is 5.41 Å². The van der Waals surface area contributed by atoms with Crippen LogP contribution in [-0.4, -0.2) is 43.5 Å². The maximum absolute atomic E-state index is 11.4. The third-order valence-corrected chi connectivity index (χ3v) is 3.52. The molecule has 2 rings (SSSR count). The summed E-state index contributed by atoms with van der Waals surface area (Å²) in [5.74, 6) is 0.156. The minimum atomic E-state index is -0.0119. The summed E-state index contributed by atoms with van der Waals surface area (Å²) in [6.07, 6.45) is 2.49. The maximum Gasteiger partial charge on any atom is 0.317 e. The molecular formula is C10H17N3O2. The predicted octanol–water partition coefficient (Wildman–Crippen LogP) is -0.0721. The Labute approximate surface area is 89.2 Å². The zero-order valence-corrected chi connectivity index (χ0v) is 9.01. The number of hydrogen-bond donors (Lipinski definition) is 2. The predicted molar refractivity (Wildman–Crippen MR) is 55.3 cm³/mol. The molecule has 0 unspecified atom stereocenters. The van der Waals surface area contributed by atoms with E-state index in [9.17, 15) is 9.59 Å². The molecule has 1 spiro atoms. The van der Waals surface area contributed by atoms with Crippen LogP contribution in [0.2, 0.25) is 0 Å². The lowest BCUT2D eigenvalue weighted by molar-refractivity contribution is -0.119. The summed E-state index contributed by atoms with van der Waals surface area (Å²) in [5.41, 5.74) is 0.127. The van der Waals surface area contributed by atoms with E-state index in [0.29, 0.717) is 6.42 Å². The zero-order chi connectivity index (χ0) is 10.9. The van der Waals surface area contributed by atoms with Gasteiger partial charge in [0.05, 0.1) is 0 Å². The quantitative estimate of drug-likeness (QED) is 0.589. The molecular weight excluding hydrogens is 194 g/mol. The van der Waals surface area contributed by atoms with Gasteiger partial charge in [0.2, 0.25) is 5.91 Å². The van der Waals surface area contributed by atoms with Gasteiger partial charge in [-0.15, -0.1) is 0 Å². The number of nitrogens with one attached hydrogen (secondary N) is 2. The van der Waals surface area contributed by atoms with Crippen LogP contribution in [0.15, 0.2) is 0 Å². The molecule has 0 radical (unpaired) electrons. The minimum Gasteiger partial charge on any atom is -0.356 e. The summed E-state index contributed by atoms with van der Waals surface area (Å²) in [5, 5.41) is 5.51. The first-order valence-corrected chi connectivity index (χ1v) is 5.39. The first-order valence-electron chi connectivity index (χ1n) is 5.39. The van der Waals surface area contributed by atoms with Crippen LogP contribution in [0.1, 0.15) is 19.3 Å². The third-order valence-electron chi connectivity index (χ3n) is 3.52. The largest absolute Gasteiger partial charge is 0.356 e. The summed E-state index contributed by atoms with van der Waals surface area (Å²) >= 11 is 0. The van der Waals surface area contributed by atoms with Gasteiger partial charge < -0.3 is 15.5 Å². The average molecular weight is 211 g/mol. The molecule has 5 heteroatoms. The number of carbonyl (C=O) groups is 2. The van der Waals surface area contributed by atoms with Crippen molar-refractivity contribution in [1.29, 1.82) is 0 Å². The second-order valence-corrected chi connectivity index (χ2v) is 4.50. The van der Waals surface area contributed by atoms with Crippen LogP contribution < -0.4 is 10.6 Å². The lowest BCUT2D eigenvalue weighted by Crippen LogP contribution is -2.47. The van der Waals surface area contributed by atoms with Crippen molar-refractivity contribution in [1.82, 2.24) is 15.5 Å². The second kappa shape index (κ2) is 3.72. The van der Waals surface area contributed by atoms with Crippen LogP contribution in [0.4, 0.5) is 4.79 Å². The van der Waals surface area contributed by atoms with Crippen LogP contribution in [0.5, 0.6) is 0 Å². The van der Waals surface area contributed by atoms with E-state index in [1.165, 1.54) is 0 Å². The molecule has 2 heterocycles. The molecule has 2 saturated heterocycles. The van der Waals surface area contributed by atoms with Crippen LogP contribution in [0.25, 0.3) is 0 Å². The summed E-state index contributed by atoms with van der Waals surface area (Å²) in [6, 6.07) is -0.0119. The summed E-state index contributed by atoms with van der Waals surface area (Å²) in [6.45, 7) is 2.30. The summed E-state index contributed by atoms with van der Waals surface area (Å²) in [7, 11) is 1.65. The van der Waals surface area contributed by atoms with Crippen molar-refractivity contribution in [2.75, 3.05) is 26.7 Å². The van der Waals surface area contributed by atoms with Crippen LogP contribution in [-0.2, 0) is 4.79 Å². The standard InChI is InChI=1S/C10H17N3O2/c1-11-9(15)13-4-2-10(3-5-13)6-8(14)12-7-10/h2-7H2,1H3,(H,11,15)(H,12,14). The number of carbonyl (C=O) groups excluding carboxylic acids is 2. The van der Waals surface area contributed by atoms with E-state index < -0.39 is 0 Å². The highest BCUT2D eigenvalue weighted by atomic mass is 16.2. The Kier molecular flexibility index (Phi) is 2.54. The van der Waals surface area contributed by atoms with E-state index >= 15 is 0 Å². The third kappa shape index (κ3) is 1.91. The Morgan fingerprint density at radius 3 is 2.60 bits per heavy atom. The molecule has 15 heavy (non-hydrogen) atoms. The van der Waals surface area contributed by atoms with Crippen LogP contribution in [0, 0.1) is 5.41 Å². The Morgan fingerprint density at radius 1 is 1.47 bits per heavy atom. The highest BCUT2D eigenvalue weighted by molar-refractivity contribution is 5.79. The van der Waals surface area contributed by atoms with Crippen molar-refractivity contribution in [3.8, 4) is 0 Å². The molecule has 0 aromatic heterocycles. The average Bonchev–Trinajstić information content (AvgIpc) is 2.60. The Hall–Kier alpha value is -1.26. The molecule has 0 aliphatic carbocycles. The monoisotopic (exact) mass is 211 g/mol. The van der Waals surface area contributed by atoms with Gasteiger partial charge in [-0.05, 0) is 18.3 Å². The van der Waals surface area contributed by atoms with Gasteiger partial charge in [-0.3, -0.25) is 4.79 Å². The molecule has 0 aromatic rings. The molecule has 84 valence electrons. The SMILES string of the molecule is CNC(=O)N1CCC2(CC1)CNC(=O)C2. The molecule has 0 bridgehead atoms. The maximum atomic E-state index is 11.4. The van der Waals surface area contributed by atoms with E-state index in [0.717, 1.165) is 32.5 Å². The number of rotatable bonds is 0. The Balaban J connectivity index is 1.92. The molecule has 2 aliphatic rings. The lowest BCUT2D eigenvalue weighted by atomic mass is 9.78. The summed E-state index contributed by atoms with van der Waals surface area (Å²) < 4.78 is 0. The number of nitrogens with zero attached hydrogens (tertiary/aromatic N) is 1. The molecule has 0 atom stereocenters. The van der Waals surface area contributed by atoms with Gasteiger partial charge in [-0.25, -0.2) is 4.79 Å². The fraction of sp³-hybridized carbons (Fsp3) is 0.800. The van der Waals surface area contributed by atoms with Crippen LogP contribution >= 0.6 is 0 Å². The van der Waals surface area contributed by atoms with Crippen molar-refractivity contribution < 1.29 is 9.59 Å². The first kappa shape index (κ1) is 10.3. The van der Waals surface area contributed by atoms with Crippen molar-refractivity contribution in [2.45, 2.75) is 19.3 Å². The molecule has 2 fully saturated rings. The van der Waals surface area contributed by atoms with Crippen LogP contribution in [0.3, 0.4) is 0 Å². The second-order valence-electron chi connectivity index (χ2n) is 4.50. The van der Waals surface area contributed by atoms with E-state index in [1.54, 1.807) is 7.05 Å². The van der Waals surface area contributed by atoms with E-state index in [4.69, 9.17) is 0 Å². The number of amides is 3. The normalized spacial score (nSPS) is 24.1. The van der Waals surface area contributed by atoms with Gasteiger partial charge in [0.25, 0.3) is 0 Å². The number of likely N-dealkylation sites (tertiary alicyclic amines) is 1. The smallest absolute Gasteiger partial charge is 0.317 e. The number of urea groups is 1. The van der Waals surface area contributed by atoms with Gasteiger partial charge >= 0.3 is 6.03 Å². The van der Waals surface area contributed by atoms with Crippen molar-refractivity contribution in [3.05, 3.63) is 0 Å². The molecule has 2 aliphatic heterocycles. The summed E-state index contributed by atoms with van der Waals surface area (Å²) in [4.78, 5) is 24.4. The number of hydrogen-bond acceptors (Lipinski definition) is 2. The molecule has 0 aromatic carbocycles. The van der Waals surface area contributed by atoms with Crippen molar-refractivity contribution >= 4 is 11.9 Å². The molecule has 5 nitrogen and oxygen atoms in total. The fourth-order valence-electron chi connectivity index (χ4n) is 2.45. The van der Waals surface area contributed by atoms with Gasteiger partial charge in [0, 0.05) is 33.1 Å². The van der Waals surface area contributed by atoms with E-state index in [1.807, 2.05) is 4.90 Å². The zero-order valence-electron chi connectivity index (χ0n) is 9.01. The minimum absolute atomic E-state index is 0.0119. The fourth-order valence-corrected chi connectivity index (χ4v) is 2.45. The van der Waals surface area contributed by atoms with Gasteiger partial charge in [-0.1, -0.05) is 0 Å². The van der Waals surface area contributed by atoms with E-state index in [-0.39, 0.29) is 17.4 Å². The molecule has 3 amide bonds. The Bertz CT molecular complexity index is 282. The highest BCUT2D eigenvalue weighted by Crippen LogP contribution is 2.37. The topological polar surface area (TPSA) is 61.4 Å². The lowest BCUT2D eigenvalue weighted by Gasteiger charge is -2.37. The number of piperidine rings is 1. The molecule has 2 N–H and O–H groups in total. The van der Waals surface area contributed by atoms with E-state index in [2.05, 4.69) is 10.6 Å². The molecule has 0 saturated carbocycles. The first-order chi connectivity index (χ1) is 7.15. The van der Waals surface area contributed by atoms with Gasteiger partial charge in [-0.2, -0.15) is 0 Å². The van der Waals surface area contributed by atoms with Gasteiger partial charge in [0.15, 0.2) is 0 Å². The highest BCUT2D eigenvalue weighted by Gasteiger charge is 2.41. The Morgan fingerprint density at radius 2 is 2.13 bits per heavy atom.